The zero-order valence-electron chi connectivity index (χ0n) is 22.7. The molecule has 0 amide bonds. The van der Waals surface area contributed by atoms with Gasteiger partial charge in [-0.25, -0.2) is 19.3 Å². The van der Waals surface area contributed by atoms with Crippen LogP contribution in [-0.2, 0) is 9.53 Å². The molecule has 194 valence electrons. The van der Waals surface area contributed by atoms with Crippen molar-refractivity contribution in [3.8, 4) is 17.1 Å². The topological polar surface area (TPSA) is 128 Å². The molecule has 0 radical (unpaired) electrons. The number of hydrogen-bond donors (Lipinski definition) is 1. The first kappa shape index (κ1) is 30.8. The molecule has 1 atom stereocenters. The van der Waals surface area contributed by atoms with Crippen molar-refractivity contribution >= 4 is 11.6 Å². The van der Waals surface area contributed by atoms with E-state index in [1.165, 1.54) is 12.8 Å². The monoisotopic (exact) mass is 517 g/mol. The summed E-state index contributed by atoms with van der Waals surface area (Å²) in [5.74, 6) is 1.18. The van der Waals surface area contributed by atoms with Crippen molar-refractivity contribution in [3.05, 3.63) is 54.2 Å². The van der Waals surface area contributed by atoms with Gasteiger partial charge < -0.3 is 20.3 Å². The summed E-state index contributed by atoms with van der Waals surface area (Å²) in [6, 6.07) is 6.16. The number of nitrogens with zero attached hydrogens (tertiary/aromatic N) is 4. The van der Waals surface area contributed by atoms with Gasteiger partial charge in [0.25, 0.3) is 0 Å². The molecule has 1 aliphatic rings. The van der Waals surface area contributed by atoms with Crippen LogP contribution in [0.2, 0.25) is 0 Å². The largest absolute Gasteiger partial charge is 1.00 e. The minimum atomic E-state index is -0.581. The number of fused-ring (bicyclic) bond motifs is 1. The summed E-state index contributed by atoms with van der Waals surface area (Å²) in [6.07, 6.45) is 8.26. The number of ether oxygens (including phenoxy) is 2. The first-order valence-electron chi connectivity index (χ1n) is 12.3. The molecule has 37 heavy (non-hydrogen) atoms. The molecule has 9 nitrogen and oxygen atoms in total. The fraction of sp³-hybridized carbons (Fsp3) is 0.481. The van der Waals surface area contributed by atoms with Crippen LogP contribution in [0.5, 0.6) is 5.88 Å². The Balaban J connectivity index is 0.000000467. The van der Waals surface area contributed by atoms with Gasteiger partial charge in [-0.2, -0.15) is 5.10 Å². The van der Waals surface area contributed by atoms with Crippen LogP contribution in [-0.4, -0.2) is 44.3 Å². The first-order chi connectivity index (χ1) is 17.1. The van der Waals surface area contributed by atoms with Gasteiger partial charge in [0.15, 0.2) is 5.65 Å². The molecule has 1 saturated carbocycles. The molecule has 1 aliphatic carbocycles. The third-order valence-corrected chi connectivity index (χ3v) is 5.60. The number of carbonyl (C=O) groups excluding carboxylic acids is 1. The summed E-state index contributed by atoms with van der Waals surface area (Å²) in [5.41, 5.74) is 11.0. The molecule has 2 N–H and O–H groups in total. The molecular formula is C27H36N5NaO4. The van der Waals surface area contributed by atoms with E-state index in [1.807, 2.05) is 36.8 Å². The predicted molar refractivity (Wildman–Crippen MR) is 136 cm³/mol. The summed E-state index contributed by atoms with van der Waals surface area (Å²) in [4.78, 5) is 19.2. The maximum Gasteiger partial charge on any atom is 1.00 e. The van der Waals surface area contributed by atoms with Gasteiger partial charge in [-0.1, -0.05) is 13.8 Å². The van der Waals surface area contributed by atoms with Gasteiger partial charge in [0.1, 0.15) is 6.61 Å². The second kappa shape index (κ2) is 13.9. The fourth-order valence-corrected chi connectivity index (χ4v) is 4.03. The van der Waals surface area contributed by atoms with E-state index in [-0.39, 0.29) is 35.1 Å². The van der Waals surface area contributed by atoms with E-state index in [2.05, 4.69) is 40.7 Å². The Morgan fingerprint density at radius 1 is 1.32 bits per heavy atom. The van der Waals surface area contributed by atoms with E-state index in [1.54, 1.807) is 6.92 Å². The van der Waals surface area contributed by atoms with Crippen molar-refractivity contribution in [2.24, 2.45) is 11.7 Å². The number of aromatic nitrogens is 4. The first-order valence-corrected chi connectivity index (χ1v) is 12.3. The van der Waals surface area contributed by atoms with E-state index in [4.69, 9.17) is 15.6 Å². The maximum absolute atomic E-state index is 10.1. The molecule has 0 aliphatic heterocycles. The number of rotatable bonds is 9. The van der Waals surface area contributed by atoms with Gasteiger partial charge in [0.05, 0.1) is 18.0 Å². The Labute approximate surface area is 240 Å². The quantitative estimate of drug-likeness (QED) is 0.189. The van der Waals surface area contributed by atoms with Gasteiger partial charge in [-0.15, -0.1) is 6.26 Å². The van der Waals surface area contributed by atoms with Gasteiger partial charge in [0, 0.05) is 47.1 Å². The van der Waals surface area contributed by atoms with Crippen molar-refractivity contribution < 1.29 is 48.9 Å². The van der Waals surface area contributed by atoms with E-state index in [0.29, 0.717) is 37.2 Å². The number of carbonyl (C=O) groups is 1. The molecule has 3 aromatic heterocycles. The normalized spacial score (nSPS) is 14.6. The number of nitrogens with two attached hydrogens (primary N) is 1. The summed E-state index contributed by atoms with van der Waals surface area (Å²) in [6.45, 7) is 10.8. The minimum absolute atomic E-state index is 0. The van der Waals surface area contributed by atoms with Crippen LogP contribution in [0, 0.1) is 12.8 Å². The molecule has 0 saturated heterocycles. The second-order valence-electron chi connectivity index (χ2n) is 9.89. The number of aryl methyl sites for hydroxylation is 1. The maximum atomic E-state index is 10.1. The average Bonchev–Trinajstić information content (AvgIpc) is 3.56. The smallest absolute Gasteiger partial charge is 0.878 e. The Hall–Kier alpha value is -2.46. The summed E-state index contributed by atoms with van der Waals surface area (Å²) >= 11 is 0. The van der Waals surface area contributed by atoms with E-state index >= 15 is 0 Å². The molecule has 0 unspecified atom stereocenters. The standard InChI is InChI=1S/C22H29N5O.C5H8O3.Na/c1-14(2)11-22(4,23)13-28-21-15(3)9-17(12-25-21)19-7-8-24-20-10-18(16-5-6-16)26-27(19)20;1-2-8-5(7)3-4-6;/h7-10,12,14,16H,5-6,11,13,23H2,1-4H3;3-4,6H,2H2,1H3;/q;;+1/p-1/b;4-3+;/t22-;;/m1../s1. The molecule has 3 heterocycles. The number of esters is 1. The molecular weight excluding hydrogens is 481 g/mol. The van der Waals surface area contributed by atoms with Crippen molar-refractivity contribution in [1.29, 1.82) is 0 Å². The number of pyridine rings is 1. The zero-order valence-corrected chi connectivity index (χ0v) is 24.7. The molecule has 10 heteroatoms. The van der Waals surface area contributed by atoms with Gasteiger partial charge >= 0.3 is 35.5 Å². The molecule has 1 fully saturated rings. The molecule has 0 bridgehead atoms. The summed E-state index contributed by atoms with van der Waals surface area (Å²) in [5, 5.41) is 14.3. The molecule has 0 aromatic carbocycles. The van der Waals surface area contributed by atoms with E-state index in [9.17, 15) is 9.90 Å². The minimum Gasteiger partial charge on any atom is -0.878 e. The van der Waals surface area contributed by atoms with Crippen molar-refractivity contribution in [3.63, 3.8) is 0 Å². The third-order valence-electron chi connectivity index (χ3n) is 5.60. The van der Waals surface area contributed by atoms with Crippen LogP contribution in [0.3, 0.4) is 0 Å². The van der Waals surface area contributed by atoms with Crippen LogP contribution >= 0.6 is 0 Å². The van der Waals surface area contributed by atoms with Crippen LogP contribution < -0.4 is 45.1 Å². The Bertz CT molecular complexity index is 1200. The summed E-state index contributed by atoms with van der Waals surface area (Å²) < 4.78 is 12.2. The van der Waals surface area contributed by atoms with Crippen LogP contribution in [0.1, 0.15) is 64.1 Å². The van der Waals surface area contributed by atoms with Crippen molar-refractivity contribution in [1.82, 2.24) is 19.6 Å². The molecule has 4 rings (SSSR count). The van der Waals surface area contributed by atoms with E-state index in [0.717, 1.165) is 40.7 Å². The summed E-state index contributed by atoms with van der Waals surface area (Å²) in [7, 11) is 0. The number of hydrogen-bond acceptors (Lipinski definition) is 8. The van der Waals surface area contributed by atoms with Gasteiger partial charge in [-0.3, -0.25) is 0 Å². The van der Waals surface area contributed by atoms with E-state index < -0.39 is 5.97 Å². The third kappa shape index (κ3) is 9.10. The second-order valence-corrected chi connectivity index (χ2v) is 9.89. The fourth-order valence-electron chi connectivity index (χ4n) is 4.03. The Morgan fingerprint density at radius 2 is 2.05 bits per heavy atom. The predicted octanol–water partition coefficient (Wildman–Crippen LogP) is 0.547. The zero-order chi connectivity index (χ0) is 26.3. The van der Waals surface area contributed by atoms with Gasteiger partial charge in [0.2, 0.25) is 5.88 Å². The van der Waals surface area contributed by atoms with Crippen molar-refractivity contribution in [2.45, 2.75) is 65.3 Å². The van der Waals surface area contributed by atoms with Gasteiger partial charge in [-0.05, 0) is 58.1 Å². The van der Waals surface area contributed by atoms with Crippen LogP contribution in [0.4, 0.5) is 0 Å². The SMILES string of the molecule is CCOC(=O)/C=C/[O-].Cc1cc(-c2ccnc3cc(C4CC4)nn23)cnc1OC[C@](C)(N)CC(C)C.[Na+]. The molecule has 0 spiro atoms. The molecule has 3 aromatic rings. The Kier molecular flexibility index (Phi) is 11.6. The average molecular weight is 518 g/mol. The van der Waals surface area contributed by atoms with Crippen LogP contribution in [0.15, 0.2) is 42.9 Å². The Morgan fingerprint density at radius 3 is 2.65 bits per heavy atom. The van der Waals surface area contributed by atoms with Crippen molar-refractivity contribution in [2.75, 3.05) is 13.2 Å². The van der Waals surface area contributed by atoms with Crippen LogP contribution in [0.25, 0.3) is 16.9 Å².